The van der Waals surface area contributed by atoms with Gasteiger partial charge in [0.25, 0.3) is 5.56 Å². The van der Waals surface area contributed by atoms with Crippen molar-refractivity contribution in [3.63, 3.8) is 0 Å². The van der Waals surface area contributed by atoms with Crippen molar-refractivity contribution in [1.82, 2.24) is 24.7 Å². The smallest absolute Gasteiger partial charge is 0.252 e. The van der Waals surface area contributed by atoms with Crippen molar-refractivity contribution in [1.29, 1.82) is 0 Å². The Labute approximate surface area is 91.6 Å². The first-order valence-corrected chi connectivity index (χ1v) is 4.88. The zero-order chi connectivity index (χ0) is 11.4. The van der Waals surface area contributed by atoms with Crippen LogP contribution in [0.4, 0.5) is 5.95 Å². The average molecular weight is 220 g/mol. The predicted molar refractivity (Wildman–Crippen MR) is 58.1 cm³/mol. The highest BCUT2D eigenvalue weighted by Gasteiger charge is 1.97. The van der Waals surface area contributed by atoms with E-state index in [1.54, 1.807) is 19.6 Å². The van der Waals surface area contributed by atoms with Crippen molar-refractivity contribution >= 4 is 5.95 Å². The highest BCUT2D eigenvalue weighted by atomic mass is 16.1. The first-order chi connectivity index (χ1) is 7.74. The largest absolute Gasteiger partial charge is 0.354 e. The minimum atomic E-state index is -0.153. The van der Waals surface area contributed by atoms with Crippen LogP contribution in [0.1, 0.15) is 5.69 Å². The minimum absolute atomic E-state index is 0.153. The second-order valence-electron chi connectivity index (χ2n) is 3.36. The fourth-order valence-corrected chi connectivity index (χ4v) is 1.30. The van der Waals surface area contributed by atoms with Crippen LogP contribution in [0, 0.1) is 6.92 Å². The Balaban J connectivity index is 1.92. The first kappa shape index (κ1) is 10.3. The van der Waals surface area contributed by atoms with Crippen molar-refractivity contribution in [3.8, 4) is 0 Å². The van der Waals surface area contributed by atoms with E-state index in [9.17, 15) is 4.79 Å². The van der Waals surface area contributed by atoms with Gasteiger partial charge in [-0.2, -0.15) is 0 Å². The molecule has 84 valence electrons. The van der Waals surface area contributed by atoms with Crippen LogP contribution in [-0.4, -0.2) is 31.3 Å². The third kappa shape index (κ3) is 2.66. The molecule has 2 N–H and O–H groups in total. The lowest BCUT2D eigenvalue weighted by Gasteiger charge is -2.05. The number of anilines is 1. The molecule has 0 unspecified atom stereocenters. The van der Waals surface area contributed by atoms with Gasteiger partial charge in [-0.15, -0.1) is 10.2 Å². The molecular weight excluding hydrogens is 208 g/mol. The van der Waals surface area contributed by atoms with Crippen molar-refractivity contribution in [2.75, 3.05) is 11.9 Å². The maximum Gasteiger partial charge on any atom is 0.252 e. The van der Waals surface area contributed by atoms with E-state index < -0.39 is 0 Å². The number of nitrogens with zero attached hydrogens (tertiary/aromatic N) is 4. The summed E-state index contributed by atoms with van der Waals surface area (Å²) in [6, 6.07) is 1.45. The topological polar surface area (TPSA) is 88.5 Å². The molecule has 2 rings (SSSR count). The van der Waals surface area contributed by atoms with Gasteiger partial charge in [0, 0.05) is 24.8 Å². The SMILES string of the molecule is Cc1cc(=O)[nH]c(NCCn2cnnc2)n1. The first-order valence-electron chi connectivity index (χ1n) is 4.88. The molecule has 7 nitrogen and oxygen atoms in total. The van der Waals surface area contributed by atoms with Crippen LogP contribution in [0.2, 0.25) is 0 Å². The Kier molecular flexibility index (Phi) is 2.95. The Morgan fingerprint density at radius 2 is 2.19 bits per heavy atom. The van der Waals surface area contributed by atoms with Gasteiger partial charge in [-0.05, 0) is 6.92 Å². The summed E-state index contributed by atoms with van der Waals surface area (Å²) < 4.78 is 1.83. The molecule has 2 aromatic heterocycles. The van der Waals surface area contributed by atoms with Crippen molar-refractivity contribution in [2.45, 2.75) is 13.5 Å². The molecule has 0 bridgehead atoms. The molecule has 0 saturated heterocycles. The van der Waals surface area contributed by atoms with Crippen LogP contribution >= 0.6 is 0 Å². The van der Waals surface area contributed by atoms with Crippen molar-refractivity contribution in [3.05, 3.63) is 34.8 Å². The molecule has 0 saturated carbocycles. The van der Waals surface area contributed by atoms with E-state index in [1.165, 1.54) is 6.07 Å². The lowest BCUT2D eigenvalue weighted by molar-refractivity contribution is 0.720. The summed E-state index contributed by atoms with van der Waals surface area (Å²) >= 11 is 0. The van der Waals surface area contributed by atoms with E-state index in [-0.39, 0.29) is 5.56 Å². The molecule has 0 aliphatic rings. The number of hydrogen-bond donors (Lipinski definition) is 2. The number of H-pyrrole nitrogens is 1. The third-order valence-corrected chi connectivity index (χ3v) is 2.00. The summed E-state index contributed by atoms with van der Waals surface area (Å²) in [5.74, 6) is 0.484. The molecular formula is C9H12N6O. The molecule has 2 aromatic rings. The molecule has 0 aromatic carbocycles. The average Bonchev–Trinajstić information content (AvgIpc) is 2.69. The van der Waals surface area contributed by atoms with Gasteiger partial charge >= 0.3 is 0 Å². The summed E-state index contributed by atoms with van der Waals surface area (Å²) in [7, 11) is 0. The van der Waals surface area contributed by atoms with Crippen LogP contribution in [0.25, 0.3) is 0 Å². The second-order valence-corrected chi connectivity index (χ2v) is 3.36. The predicted octanol–water partition coefficient (Wildman–Crippen LogP) is -0.218. The minimum Gasteiger partial charge on any atom is -0.354 e. The summed E-state index contributed by atoms with van der Waals surface area (Å²) in [6.45, 7) is 3.13. The zero-order valence-electron chi connectivity index (χ0n) is 8.84. The number of nitrogens with one attached hydrogen (secondary N) is 2. The normalized spacial score (nSPS) is 10.3. The number of aryl methyl sites for hydroxylation is 1. The second kappa shape index (κ2) is 4.56. The zero-order valence-corrected chi connectivity index (χ0v) is 8.84. The Bertz CT molecular complexity index is 503. The van der Waals surface area contributed by atoms with Crippen LogP contribution in [0.15, 0.2) is 23.5 Å². The fraction of sp³-hybridized carbons (Fsp3) is 0.333. The number of aromatic amines is 1. The van der Waals surface area contributed by atoms with Crippen molar-refractivity contribution in [2.24, 2.45) is 0 Å². The van der Waals surface area contributed by atoms with Gasteiger partial charge in [0.15, 0.2) is 0 Å². The molecule has 0 aliphatic carbocycles. The molecule has 0 fully saturated rings. The summed E-state index contributed by atoms with van der Waals surface area (Å²) in [6.07, 6.45) is 3.27. The highest BCUT2D eigenvalue weighted by Crippen LogP contribution is 1.95. The van der Waals surface area contributed by atoms with Gasteiger partial charge < -0.3 is 9.88 Å². The fourth-order valence-electron chi connectivity index (χ4n) is 1.30. The molecule has 0 amide bonds. The number of aromatic nitrogens is 5. The van der Waals surface area contributed by atoms with Gasteiger partial charge in [-0.3, -0.25) is 9.78 Å². The number of rotatable bonds is 4. The van der Waals surface area contributed by atoms with E-state index >= 15 is 0 Å². The monoisotopic (exact) mass is 220 g/mol. The van der Waals surface area contributed by atoms with E-state index in [2.05, 4.69) is 25.5 Å². The van der Waals surface area contributed by atoms with E-state index in [4.69, 9.17) is 0 Å². The molecule has 2 heterocycles. The Morgan fingerprint density at radius 3 is 2.88 bits per heavy atom. The highest BCUT2D eigenvalue weighted by molar-refractivity contribution is 5.24. The molecule has 0 radical (unpaired) electrons. The Morgan fingerprint density at radius 1 is 1.44 bits per heavy atom. The Hall–Kier alpha value is -2.18. The molecule has 0 aliphatic heterocycles. The van der Waals surface area contributed by atoms with Crippen LogP contribution in [-0.2, 0) is 6.54 Å². The van der Waals surface area contributed by atoms with Gasteiger partial charge in [-0.1, -0.05) is 0 Å². The van der Waals surface area contributed by atoms with E-state index in [0.717, 1.165) is 0 Å². The summed E-state index contributed by atoms with van der Waals surface area (Å²) in [5, 5.41) is 10.4. The maximum atomic E-state index is 11.1. The van der Waals surface area contributed by atoms with Gasteiger partial charge in [0.1, 0.15) is 12.7 Å². The van der Waals surface area contributed by atoms with Crippen LogP contribution < -0.4 is 10.9 Å². The molecule has 0 atom stereocenters. The lowest BCUT2D eigenvalue weighted by Crippen LogP contribution is -2.16. The molecule has 16 heavy (non-hydrogen) atoms. The van der Waals surface area contributed by atoms with Gasteiger partial charge in [0.05, 0.1) is 0 Å². The quantitative estimate of drug-likeness (QED) is 0.743. The molecule has 0 spiro atoms. The van der Waals surface area contributed by atoms with Gasteiger partial charge in [0.2, 0.25) is 5.95 Å². The molecule has 7 heteroatoms. The van der Waals surface area contributed by atoms with E-state index in [1.807, 2.05) is 4.57 Å². The van der Waals surface area contributed by atoms with Gasteiger partial charge in [-0.25, -0.2) is 4.98 Å². The maximum absolute atomic E-state index is 11.1. The van der Waals surface area contributed by atoms with Crippen molar-refractivity contribution < 1.29 is 0 Å². The number of hydrogen-bond acceptors (Lipinski definition) is 5. The summed E-state index contributed by atoms with van der Waals surface area (Å²) in [5.41, 5.74) is 0.537. The lowest BCUT2D eigenvalue weighted by atomic mass is 10.4. The third-order valence-electron chi connectivity index (χ3n) is 2.00. The standard InChI is InChI=1S/C9H12N6O/c1-7-4-8(16)14-9(13-7)10-2-3-15-5-11-12-6-15/h4-6H,2-3H2,1H3,(H2,10,13,14,16). The van der Waals surface area contributed by atoms with Crippen LogP contribution in [0.3, 0.4) is 0 Å². The van der Waals surface area contributed by atoms with E-state index in [0.29, 0.717) is 24.7 Å². The summed E-state index contributed by atoms with van der Waals surface area (Å²) in [4.78, 5) is 17.9. The van der Waals surface area contributed by atoms with Crippen LogP contribution in [0.5, 0.6) is 0 Å².